The monoisotopic (exact) mass is 918 g/mol. The van der Waals surface area contributed by atoms with Gasteiger partial charge in [0.25, 0.3) is 7.82 Å². The molecule has 0 saturated carbocycles. The maximum absolute atomic E-state index is 12.7. The second kappa shape index (κ2) is 37.1. The van der Waals surface area contributed by atoms with Crippen molar-refractivity contribution in [2.45, 2.75) is 194 Å². The highest BCUT2D eigenvalue weighted by molar-refractivity contribution is 7.45. The van der Waals surface area contributed by atoms with Gasteiger partial charge in [-0.15, -0.1) is 0 Å². The van der Waals surface area contributed by atoms with Gasteiger partial charge in [-0.1, -0.05) is 133 Å². The molecule has 0 N–H and O–H groups in total. The number of esters is 2. The van der Waals surface area contributed by atoms with E-state index >= 15 is 0 Å². The van der Waals surface area contributed by atoms with Crippen molar-refractivity contribution in [3.63, 3.8) is 0 Å². The lowest BCUT2D eigenvalue weighted by atomic mass is 10.0. The zero-order chi connectivity index (χ0) is 47.3. The van der Waals surface area contributed by atoms with Crippen molar-refractivity contribution in [3.05, 3.63) is 71.3 Å². The van der Waals surface area contributed by atoms with Crippen LogP contribution in [0.15, 0.2) is 53.0 Å². The number of rotatable bonds is 41. The Hall–Kier alpha value is -3.08. The van der Waals surface area contributed by atoms with Crippen LogP contribution in [0.3, 0.4) is 0 Å². The number of hydrogen-bond donors (Lipinski definition) is 0. The highest BCUT2D eigenvalue weighted by Crippen LogP contribution is 2.38. The number of likely N-dealkylation sites (N-methyl/N-ethyl adjacent to an activating group) is 1. The number of allylic oxidation sites excluding steroid dienone is 8. The maximum Gasteiger partial charge on any atom is 0.306 e. The second-order valence-corrected chi connectivity index (χ2v) is 19.5. The summed E-state index contributed by atoms with van der Waals surface area (Å²) in [6, 6.07) is 0. The molecule has 366 valence electrons. The number of ketones is 1. The Bertz CT molecular complexity index is 1570. The lowest BCUT2D eigenvalue weighted by molar-refractivity contribution is -0.870. The molecule has 0 radical (unpaired) electrons. The molecule has 0 aliphatic carbocycles. The molecule has 0 aliphatic heterocycles. The minimum absolute atomic E-state index is 0.0587. The summed E-state index contributed by atoms with van der Waals surface area (Å²) in [6.45, 7) is 8.32. The normalized spacial score (nSPS) is 13.8. The van der Waals surface area contributed by atoms with Gasteiger partial charge >= 0.3 is 11.9 Å². The highest BCUT2D eigenvalue weighted by Gasteiger charge is 2.22. The van der Waals surface area contributed by atoms with Gasteiger partial charge < -0.3 is 32.3 Å². The summed E-state index contributed by atoms with van der Waals surface area (Å²) >= 11 is 0. The van der Waals surface area contributed by atoms with Crippen molar-refractivity contribution in [2.75, 3.05) is 47.5 Å². The molecule has 1 aromatic rings. The minimum Gasteiger partial charge on any atom is -0.756 e. The third-order valence-electron chi connectivity index (χ3n) is 11.0. The lowest BCUT2D eigenvalue weighted by Gasteiger charge is -2.28. The van der Waals surface area contributed by atoms with Gasteiger partial charge in [0, 0.05) is 32.1 Å². The SMILES string of the molecule is CCCCCC(=O)/C=C/C=C\C/C=C\C/C=C\CCCC(=O)O[C@H](COC(=O)CCCCCCCCCCCCc1oc(CCCCC)c(C)c1C)COP(=O)([O-])OCC[N+](C)(C)C. The first kappa shape index (κ1) is 58.9. The molecule has 0 spiro atoms. The molecule has 1 heterocycles. The third-order valence-corrected chi connectivity index (χ3v) is 12.0. The Kier molecular flexibility index (Phi) is 34.1. The fourth-order valence-corrected chi connectivity index (χ4v) is 7.57. The number of quaternary nitrogens is 1. The third kappa shape index (κ3) is 33.4. The quantitative estimate of drug-likeness (QED) is 0.0118. The first-order valence-corrected chi connectivity index (χ1v) is 26.1. The standard InChI is InChI=1S/C52H88NO10P/c1-8-10-29-35-47(54)36-31-25-21-17-13-12-14-20-24-28-34-40-52(56)62-48(44-61-64(57,58)60-42-41-53(5,6)7)43-59-51(55)39-33-27-23-19-16-15-18-22-26-32-38-50-46(4)45(3)49(63-50)37-30-11-9-2/h12-13,20-21,24-25,31,36,48H,8-11,14-19,22-23,26-30,32-35,37-44H2,1-7H3/b13-12-,24-20-,25-21-,36-31+/t48-/m1/s1. The van der Waals surface area contributed by atoms with Crippen molar-refractivity contribution >= 4 is 25.5 Å². The van der Waals surface area contributed by atoms with Gasteiger partial charge in [-0.3, -0.25) is 18.9 Å². The van der Waals surface area contributed by atoms with Gasteiger partial charge in [0.15, 0.2) is 11.9 Å². The molecule has 64 heavy (non-hydrogen) atoms. The van der Waals surface area contributed by atoms with Crippen LogP contribution in [0.25, 0.3) is 0 Å². The molecule has 0 amide bonds. The van der Waals surface area contributed by atoms with E-state index in [4.69, 9.17) is 22.9 Å². The molecule has 2 atom stereocenters. The zero-order valence-corrected chi connectivity index (χ0v) is 42.1. The second-order valence-electron chi connectivity index (χ2n) is 18.1. The van der Waals surface area contributed by atoms with E-state index in [-0.39, 0.29) is 31.8 Å². The van der Waals surface area contributed by atoms with Crippen molar-refractivity contribution in [3.8, 4) is 0 Å². The number of unbranched alkanes of at least 4 members (excludes halogenated alkanes) is 14. The number of hydrogen-bond acceptors (Lipinski definition) is 10. The number of phosphoric acid groups is 1. The molecule has 0 aromatic carbocycles. The van der Waals surface area contributed by atoms with Crippen molar-refractivity contribution in [1.82, 2.24) is 0 Å². The van der Waals surface area contributed by atoms with Crippen LogP contribution in [-0.4, -0.2) is 75.8 Å². The largest absolute Gasteiger partial charge is 0.756 e. The first-order chi connectivity index (χ1) is 30.7. The topological polar surface area (TPSA) is 141 Å². The van der Waals surface area contributed by atoms with Gasteiger partial charge in [-0.05, 0) is 82.4 Å². The van der Waals surface area contributed by atoms with Crippen LogP contribution in [0.2, 0.25) is 0 Å². The molecule has 0 bridgehead atoms. The van der Waals surface area contributed by atoms with E-state index in [2.05, 4.69) is 39.8 Å². The van der Waals surface area contributed by atoms with Crippen molar-refractivity contribution in [1.29, 1.82) is 0 Å². The number of ether oxygens (including phenoxy) is 2. The predicted octanol–water partition coefficient (Wildman–Crippen LogP) is 12.5. The molecule has 0 fully saturated rings. The average molecular weight is 918 g/mol. The Balaban J connectivity index is 2.35. The van der Waals surface area contributed by atoms with Gasteiger partial charge in [0.05, 0.1) is 27.7 Å². The smallest absolute Gasteiger partial charge is 0.306 e. The van der Waals surface area contributed by atoms with E-state index in [1.807, 2.05) is 45.4 Å². The predicted molar refractivity (Wildman–Crippen MR) is 258 cm³/mol. The molecule has 11 nitrogen and oxygen atoms in total. The zero-order valence-electron chi connectivity index (χ0n) is 41.2. The summed E-state index contributed by atoms with van der Waals surface area (Å²) in [7, 11) is 1.07. The molecule has 0 saturated heterocycles. The first-order valence-electron chi connectivity index (χ1n) is 24.7. The summed E-state index contributed by atoms with van der Waals surface area (Å²) in [5.41, 5.74) is 2.68. The van der Waals surface area contributed by atoms with Gasteiger partial charge in [-0.25, -0.2) is 0 Å². The Morgan fingerprint density at radius 2 is 1.17 bits per heavy atom. The van der Waals surface area contributed by atoms with E-state index in [0.29, 0.717) is 36.7 Å². The summed E-state index contributed by atoms with van der Waals surface area (Å²) in [6.07, 6.45) is 38.0. The van der Waals surface area contributed by atoms with Crippen LogP contribution in [0.1, 0.15) is 184 Å². The van der Waals surface area contributed by atoms with Crippen molar-refractivity contribution in [2.24, 2.45) is 0 Å². The molecule has 12 heteroatoms. The number of nitrogens with zero attached hydrogens (tertiary/aromatic N) is 1. The van der Waals surface area contributed by atoms with Crippen LogP contribution >= 0.6 is 7.82 Å². The average Bonchev–Trinajstić information content (AvgIpc) is 3.51. The number of aryl methyl sites for hydroxylation is 2. The van der Waals surface area contributed by atoms with E-state index in [1.165, 1.54) is 80.4 Å². The number of carbonyl (C=O) groups excluding carboxylic acids is 3. The fourth-order valence-electron chi connectivity index (χ4n) is 6.84. The summed E-state index contributed by atoms with van der Waals surface area (Å²) < 4.78 is 40.2. The van der Waals surface area contributed by atoms with Crippen LogP contribution in [0.4, 0.5) is 0 Å². The number of phosphoric ester groups is 1. The maximum atomic E-state index is 12.7. The molecule has 1 unspecified atom stereocenters. The van der Waals surface area contributed by atoms with E-state index in [0.717, 1.165) is 64.2 Å². The van der Waals surface area contributed by atoms with Gasteiger partial charge in [0.2, 0.25) is 0 Å². The van der Waals surface area contributed by atoms with Gasteiger partial charge in [0.1, 0.15) is 31.3 Å². The Labute approximate surface area is 388 Å². The number of furan rings is 1. The highest BCUT2D eigenvalue weighted by atomic mass is 31.2. The van der Waals surface area contributed by atoms with E-state index < -0.39 is 32.5 Å². The summed E-state index contributed by atoms with van der Waals surface area (Å²) in [5, 5.41) is 0. The van der Waals surface area contributed by atoms with E-state index in [1.54, 1.807) is 12.2 Å². The van der Waals surface area contributed by atoms with Crippen LogP contribution in [-0.2, 0) is 50.3 Å². The molecular weight excluding hydrogens is 830 g/mol. The molecule has 0 aliphatic rings. The summed E-state index contributed by atoms with van der Waals surface area (Å²) in [5.74, 6) is 1.58. The number of carbonyl (C=O) groups is 3. The lowest BCUT2D eigenvalue weighted by Crippen LogP contribution is -2.37. The molecule has 1 rings (SSSR count). The summed E-state index contributed by atoms with van der Waals surface area (Å²) in [4.78, 5) is 49.5. The minimum atomic E-state index is -4.67. The van der Waals surface area contributed by atoms with Crippen LogP contribution in [0, 0.1) is 13.8 Å². The van der Waals surface area contributed by atoms with Crippen molar-refractivity contribution < 1.29 is 51.3 Å². The van der Waals surface area contributed by atoms with Crippen LogP contribution < -0.4 is 4.89 Å². The van der Waals surface area contributed by atoms with Gasteiger partial charge in [-0.2, -0.15) is 0 Å². The Morgan fingerprint density at radius 3 is 1.80 bits per heavy atom. The molecular formula is C52H88NO10P. The fraction of sp³-hybridized carbons (Fsp3) is 0.712. The van der Waals surface area contributed by atoms with E-state index in [9.17, 15) is 23.8 Å². The Morgan fingerprint density at radius 1 is 0.641 bits per heavy atom. The van der Waals surface area contributed by atoms with Crippen LogP contribution in [0.5, 0.6) is 0 Å². The molecule has 1 aromatic heterocycles.